The third kappa shape index (κ3) is 7.17. The molecular weight excluding hydrogens is 488 g/mol. The van der Waals surface area contributed by atoms with Crippen molar-refractivity contribution < 1.29 is 29.1 Å². The smallest absolute Gasteiger partial charge is 0.245 e. The van der Waals surface area contributed by atoms with Crippen LogP contribution in [-0.4, -0.2) is 83.9 Å². The molecule has 10 nitrogen and oxygen atoms in total. The van der Waals surface area contributed by atoms with Crippen molar-refractivity contribution in [2.24, 2.45) is 17.3 Å². The second kappa shape index (κ2) is 12.3. The van der Waals surface area contributed by atoms with Crippen LogP contribution in [0.5, 0.6) is 11.5 Å². The molecule has 1 aromatic carbocycles. The number of hydrogen-bond acceptors (Lipinski definition) is 7. The number of fused-ring (bicyclic) bond motifs is 1. The van der Waals surface area contributed by atoms with E-state index in [1.54, 1.807) is 0 Å². The molecule has 0 bridgehead atoms. The van der Waals surface area contributed by atoms with Crippen LogP contribution in [0, 0.1) is 17.3 Å². The molecule has 210 valence electrons. The summed E-state index contributed by atoms with van der Waals surface area (Å²) in [4.78, 5) is 42.3. The van der Waals surface area contributed by atoms with Crippen LogP contribution in [0.1, 0.15) is 58.4 Å². The lowest BCUT2D eigenvalue weighted by atomic mass is 9.84. The van der Waals surface area contributed by atoms with Gasteiger partial charge in [0.1, 0.15) is 6.04 Å². The molecule has 2 heterocycles. The molecular formula is C28H42N4O6. The number of nitrogens with zero attached hydrogens (tertiary/aromatic N) is 3. The second-order valence-electron chi connectivity index (χ2n) is 11.9. The van der Waals surface area contributed by atoms with Crippen LogP contribution in [0.15, 0.2) is 18.2 Å². The molecule has 1 aromatic rings. The Morgan fingerprint density at radius 1 is 1.13 bits per heavy atom. The van der Waals surface area contributed by atoms with Gasteiger partial charge in [0.2, 0.25) is 25.0 Å². The number of ether oxygens (including phenoxy) is 2. The summed E-state index contributed by atoms with van der Waals surface area (Å²) in [6.45, 7) is 9.39. The summed E-state index contributed by atoms with van der Waals surface area (Å²) in [5.41, 5.74) is 0.632. The largest absolute Gasteiger partial charge is 0.454 e. The first-order chi connectivity index (χ1) is 18.1. The average molecular weight is 531 g/mol. The molecule has 38 heavy (non-hydrogen) atoms. The monoisotopic (exact) mass is 530 g/mol. The number of amides is 3. The van der Waals surface area contributed by atoms with Gasteiger partial charge in [-0.05, 0) is 35.4 Å². The fourth-order valence-electron chi connectivity index (χ4n) is 5.70. The minimum atomic E-state index is -0.704. The average Bonchev–Trinajstić information content (AvgIpc) is 3.58. The number of carbonyl (C=O) groups is 3. The first-order valence-corrected chi connectivity index (χ1v) is 13.7. The van der Waals surface area contributed by atoms with Gasteiger partial charge < -0.3 is 19.7 Å². The minimum absolute atomic E-state index is 0.0740. The summed E-state index contributed by atoms with van der Waals surface area (Å²) in [5, 5.41) is 13.4. The Morgan fingerprint density at radius 2 is 1.82 bits per heavy atom. The predicted octanol–water partition coefficient (Wildman–Crippen LogP) is 2.63. The van der Waals surface area contributed by atoms with Crippen LogP contribution >= 0.6 is 0 Å². The molecule has 2 N–H and O–H groups in total. The molecule has 2 aliphatic heterocycles. The van der Waals surface area contributed by atoms with E-state index in [1.165, 1.54) is 0 Å². The van der Waals surface area contributed by atoms with E-state index < -0.39 is 17.4 Å². The van der Waals surface area contributed by atoms with Crippen molar-refractivity contribution in [1.82, 2.24) is 20.2 Å². The van der Waals surface area contributed by atoms with E-state index in [0.717, 1.165) is 62.4 Å². The van der Waals surface area contributed by atoms with Crippen molar-refractivity contribution in [2.45, 2.75) is 65.5 Å². The zero-order valence-corrected chi connectivity index (χ0v) is 22.9. The number of hydroxylamine groups is 2. The number of benzene rings is 1. The second-order valence-corrected chi connectivity index (χ2v) is 11.9. The molecule has 0 aromatic heterocycles. The highest BCUT2D eigenvalue weighted by atomic mass is 16.7. The predicted molar refractivity (Wildman–Crippen MR) is 140 cm³/mol. The summed E-state index contributed by atoms with van der Waals surface area (Å²) in [6.07, 6.45) is 5.30. The summed E-state index contributed by atoms with van der Waals surface area (Å²) >= 11 is 0. The molecule has 0 spiro atoms. The van der Waals surface area contributed by atoms with E-state index in [0.29, 0.717) is 36.9 Å². The first kappa shape index (κ1) is 28.2. The maximum atomic E-state index is 13.7. The maximum absolute atomic E-state index is 13.7. The van der Waals surface area contributed by atoms with Crippen molar-refractivity contribution in [3.05, 3.63) is 23.8 Å². The molecule has 10 heteroatoms. The third-order valence-corrected chi connectivity index (χ3v) is 7.92. The lowest BCUT2D eigenvalue weighted by Gasteiger charge is -2.40. The van der Waals surface area contributed by atoms with E-state index in [4.69, 9.17) is 9.47 Å². The summed E-state index contributed by atoms with van der Waals surface area (Å²) in [6, 6.07) is 5.27. The molecule has 3 aliphatic rings. The third-order valence-electron chi connectivity index (χ3n) is 7.92. The van der Waals surface area contributed by atoms with Gasteiger partial charge in [0.05, 0.1) is 12.5 Å². The van der Waals surface area contributed by atoms with Crippen molar-refractivity contribution in [1.29, 1.82) is 0 Å². The van der Waals surface area contributed by atoms with Gasteiger partial charge >= 0.3 is 0 Å². The fraction of sp³-hybridized carbons (Fsp3) is 0.679. The minimum Gasteiger partial charge on any atom is -0.454 e. The fourth-order valence-corrected chi connectivity index (χ4v) is 5.70. The van der Waals surface area contributed by atoms with E-state index in [-0.39, 0.29) is 25.2 Å². The van der Waals surface area contributed by atoms with Crippen molar-refractivity contribution in [3.63, 3.8) is 0 Å². The Labute approximate surface area is 225 Å². The molecule has 1 saturated heterocycles. The van der Waals surface area contributed by atoms with Gasteiger partial charge in [0.25, 0.3) is 0 Å². The quantitative estimate of drug-likeness (QED) is 0.272. The van der Waals surface area contributed by atoms with E-state index in [1.807, 2.05) is 43.9 Å². The standard InChI is InChI=1S/C28H42N4O6/c1-28(2,3)25(29-26(34)22(17-32(36)18-33)14-20-6-4-5-7-20)27(35)31-12-10-30(11-13-31)16-21-8-9-23-24(15-21)38-19-37-23/h8-9,15,18,20,22,25,36H,4-7,10-14,16-17,19H2,1-3H3,(H,29,34)/t22?,25-/m1/s1. The SMILES string of the molecule is CC(C)(C)[C@H](NC(=O)C(CC1CCCC1)CN(O)C=O)C(=O)N1CCN(Cc2ccc3c(c2)OCO3)CC1. The van der Waals surface area contributed by atoms with Crippen molar-refractivity contribution in [2.75, 3.05) is 39.5 Å². The van der Waals surface area contributed by atoms with Gasteiger partial charge in [-0.15, -0.1) is 0 Å². The van der Waals surface area contributed by atoms with E-state index >= 15 is 0 Å². The highest BCUT2D eigenvalue weighted by Gasteiger charge is 2.38. The molecule has 1 saturated carbocycles. The van der Waals surface area contributed by atoms with Crippen molar-refractivity contribution in [3.8, 4) is 11.5 Å². The topological polar surface area (TPSA) is 112 Å². The van der Waals surface area contributed by atoms with E-state index in [2.05, 4.69) is 10.2 Å². The maximum Gasteiger partial charge on any atom is 0.245 e. The number of hydrogen-bond donors (Lipinski definition) is 2. The van der Waals surface area contributed by atoms with Crippen molar-refractivity contribution >= 4 is 18.2 Å². The molecule has 2 fully saturated rings. The number of nitrogens with one attached hydrogen (secondary N) is 1. The Bertz CT molecular complexity index is 982. The molecule has 4 rings (SSSR count). The Balaban J connectivity index is 1.35. The highest BCUT2D eigenvalue weighted by Crippen LogP contribution is 2.33. The molecule has 1 unspecified atom stereocenters. The zero-order valence-electron chi connectivity index (χ0n) is 22.9. The van der Waals surface area contributed by atoms with Gasteiger partial charge in [-0.3, -0.25) is 24.5 Å². The number of carbonyl (C=O) groups excluding carboxylic acids is 3. The number of rotatable bonds is 10. The molecule has 3 amide bonds. The Kier molecular flexibility index (Phi) is 9.15. The van der Waals surface area contributed by atoms with Gasteiger partial charge in [-0.2, -0.15) is 0 Å². The van der Waals surface area contributed by atoms with Crippen LogP contribution in [0.25, 0.3) is 0 Å². The first-order valence-electron chi connectivity index (χ1n) is 13.7. The lowest BCUT2D eigenvalue weighted by Crippen LogP contribution is -2.59. The normalized spacial score (nSPS) is 19.7. The van der Waals surface area contributed by atoms with Crippen LogP contribution in [0.4, 0.5) is 0 Å². The van der Waals surface area contributed by atoms with Gasteiger partial charge in [0.15, 0.2) is 11.5 Å². The van der Waals surface area contributed by atoms with Crippen LogP contribution < -0.4 is 14.8 Å². The van der Waals surface area contributed by atoms with E-state index in [9.17, 15) is 19.6 Å². The zero-order chi connectivity index (χ0) is 27.3. The Hall–Kier alpha value is -2.85. The highest BCUT2D eigenvalue weighted by molar-refractivity contribution is 5.89. The summed E-state index contributed by atoms with van der Waals surface area (Å²) in [5.74, 6) is 0.987. The van der Waals surface area contributed by atoms with Crippen LogP contribution in [0.3, 0.4) is 0 Å². The summed E-state index contributed by atoms with van der Waals surface area (Å²) in [7, 11) is 0. The molecule has 0 radical (unpaired) electrons. The lowest BCUT2D eigenvalue weighted by molar-refractivity contribution is -0.156. The Morgan fingerprint density at radius 3 is 2.47 bits per heavy atom. The molecule has 1 aliphatic carbocycles. The van der Waals surface area contributed by atoms with Crippen LogP contribution in [0.2, 0.25) is 0 Å². The van der Waals surface area contributed by atoms with Gasteiger partial charge in [-0.1, -0.05) is 52.5 Å². The van der Waals surface area contributed by atoms with Gasteiger partial charge in [0, 0.05) is 32.7 Å². The summed E-state index contributed by atoms with van der Waals surface area (Å²) < 4.78 is 10.9. The van der Waals surface area contributed by atoms with Gasteiger partial charge in [-0.25, -0.2) is 5.06 Å². The van der Waals surface area contributed by atoms with Crippen LogP contribution in [-0.2, 0) is 20.9 Å². The molecule has 2 atom stereocenters. The number of piperazine rings is 1.